The van der Waals surface area contributed by atoms with Crippen LogP contribution in [-0.4, -0.2) is 16.9 Å². The van der Waals surface area contributed by atoms with Crippen molar-refractivity contribution in [2.45, 2.75) is 18.2 Å². The first-order chi connectivity index (χ1) is 13.2. The van der Waals surface area contributed by atoms with E-state index in [0.29, 0.717) is 16.5 Å². The molecule has 0 saturated carbocycles. The third kappa shape index (κ3) is 3.15. The Kier molecular flexibility index (Phi) is 4.80. The van der Waals surface area contributed by atoms with Crippen molar-refractivity contribution in [1.82, 2.24) is 4.98 Å². The van der Waals surface area contributed by atoms with E-state index >= 15 is 0 Å². The molecule has 0 saturated heterocycles. The summed E-state index contributed by atoms with van der Waals surface area (Å²) < 4.78 is 43.1. The smallest absolute Gasteiger partial charge is 0.374 e. The zero-order valence-electron chi connectivity index (χ0n) is 13.9. The summed E-state index contributed by atoms with van der Waals surface area (Å²) >= 11 is 15.3. The molecule has 0 aliphatic carbocycles. The summed E-state index contributed by atoms with van der Waals surface area (Å²) in [5, 5.41) is 4.65. The summed E-state index contributed by atoms with van der Waals surface area (Å²) in [6.45, 7) is 0. The Morgan fingerprint density at radius 2 is 1.79 bits per heavy atom. The number of fused-ring (bicyclic) bond motifs is 1. The summed E-state index contributed by atoms with van der Waals surface area (Å²) in [6, 6.07) is 10.7. The first-order valence-electron chi connectivity index (χ1n) is 8.03. The minimum absolute atomic E-state index is 0.0847. The van der Waals surface area contributed by atoms with Crippen LogP contribution >= 0.6 is 39.1 Å². The second-order valence-corrected chi connectivity index (χ2v) is 8.01. The van der Waals surface area contributed by atoms with E-state index < -0.39 is 18.2 Å². The maximum atomic E-state index is 14.1. The first-order valence-corrected chi connectivity index (χ1v) is 9.58. The molecule has 1 aliphatic heterocycles. The predicted molar refractivity (Wildman–Crippen MR) is 106 cm³/mol. The summed E-state index contributed by atoms with van der Waals surface area (Å²) in [5.41, 5.74) is -1.56. The van der Waals surface area contributed by atoms with Gasteiger partial charge in [0.2, 0.25) is 0 Å². The molecular formula is C19H10BrCl2F3N2O. The molecule has 3 aromatic rings. The lowest BCUT2D eigenvalue weighted by Crippen LogP contribution is -2.42. The van der Waals surface area contributed by atoms with Gasteiger partial charge in [0.05, 0.1) is 11.2 Å². The van der Waals surface area contributed by atoms with Crippen LogP contribution in [0, 0.1) is 0 Å². The number of oxime groups is 1. The maximum Gasteiger partial charge on any atom is 0.435 e. The van der Waals surface area contributed by atoms with Gasteiger partial charge in [-0.05, 0) is 46.3 Å². The number of nitrogens with zero attached hydrogens (tertiary/aromatic N) is 2. The number of rotatable bonds is 2. The molecule has 1 aliphatic rings. The van der Waals surface area contributed by atoms with Crippen LogP contribution in [0.3, 0.4) is 0 Å². The molecule has 2 aromatic carbocycles. The number of aromatic nitrogens is 1. The van der Waals surface area contributed by atoms with E-state index in [4.69, 9.17) is 28.0 Å². The quantitative estimate of drug-likeness (QED) is 0.393. The van der Waals surface area contributed by atoms with Crippen molar-refractivity contribution in [2.24, 2.45) is 5.16 Å². The molecule has 3 nitrogen and oxygen atoms in total. The number of benzene rings is 2. The SMILES string of the molecule is FC(F)(F)C1(c2cc(Cl)cc(Cl)c2)CC(c2ccnc3c(Br)cccc23)=NO1. The van der Waals surface area contributed by atoms with Crippen molar-refractivity contribution >= 4 is 55.7 Å². The first kappa shape index (κ1) is 19.5. The van der Waals surface area contributed by atoms with Crippen molar-refractivity contribution in [3.63, 3.8) is 0 Å². The minimum atomic E-state index is -4.74. The molecule has 28 heavy (non-hydrogen) atoms. The van der Waals surface area contributed by atoms with Gasteiger partial charge in [0.15, 0.2) is 0 Å². The van der Waals surface area contributed by atoms with Crippen molar-refractivity contribution in [1.29, 1.82) is 0 Å². The van der Waals surface area contributed by atoms with Gasteiger partial charge in [0, 0.05) is 43.6 Å². The molecule has 2 heterocycles. The molecular weight excluding hydrogens is 480 g/mol. The Labute approximate surface area is 176 Å². The van der Waals surface area contributed by atoms with Crippen LogP contribution in [-0.2, 0) is 10.4 Å². The maximum absolute atomic E-state index is 14.1. The Bertz CT molecular complexity index is 1100. The Balaban J connectivity index is 1.84. The zero-order chi connectivity index (χ0) is 20.1. The van der Waals surface area contributed by atoms with E-state index in [2.05, 4.69) is 26.1 Å². The molecule has 0 fully saturated rings. The minimum Gasteiger partial charge on any atom is -0.374 e. The van der Waals surface area contributed by atoms with Crippen molar-refractivity contribution in [3.8, 4) is 0 Å². The fourth-order valence-electron chi connectivity index (χ4n) is 3.23. The van der Waals surface area contributed by atoms with Crippen LogP contribution in [0.15, 0.2) is 58.3 Å². The molecule has 0 N–H and O–H groups in total. The monoisotopic (exact) mass is 488 g/mol. The highest BCUT2D eigenvalue weighted by Gasteiger charge is 2.62. The fraction of sp³-hybridized carbons (Fsp3) is 0.158. The lowest BCUT2D eigenvalue weighted by atomic mass is 9.86. The van der Waals surface area contributed by atoms with E-state index in [1.54, 1.807) is 24.3 Å². The van der Waals surface area contributed by atoms with Crippen molar-refractivity contribution in [3.05, 3.63) is 74.3 Å². The van der Waals surface area contributed by atoms with Gasteiger partial charge >= 0.3 is 6.18 Å². The molecule has 0 radical (unpaired) electrons. The number of hydrogen-bond acceptors (Lipinski definition) is 3. The molecule has 0 bridgehead atoms. The highest BCUT2D eigenvalue weighted by atomic mass is 79.9. The Hall–Kier alpha value is -1.83. The van der Waals surface area contributed by atoms with E-state index in [1.165, 1.54) is 24.4 Å². The highest BCUT2D eigenvalue weighted by Crippen LogP contribution is 2.50. The molecule has 0 spiro atoms. The standard InChI is InChI=1S/C19H10BrCl2F3N2O/c20-15-3-1-2-14-13(4-5-26-17(14)15)16-9-18(28-27-16,19(23,24)25)10-6-11(21)8-12(22)7-10/h1-8H,9H2. The number of para-hydroxylation sites is 1. The normalized spacial score (nSPS) is 19.6. The molecule has 1 aromatic heterocycles. The number of pyridine rings is 1. The third-order valence-electron chi connectivity index (χ3n) is 4.55. The van der Waals surface area contributed by atoms with Crippen LogP contribution < -0.4 is 0 Å². The number of alkyl halides is 3. The highest BCUT2D eigenvalue weighted by molar-refractivity contribution is 9.10. The summed E-state index contributed by atoms with van der Waals surface area (Å²) in [6.07, 6.45) is -3.73. The summed E-state index contributed by atoms with van der Waals surface area (Å²) in [4.78, 5) is 9.34. The van der Waals surface area contributed by atoms with E-state index in [1.807, 2.05) is 0 Å². The molecule has 0 amide bonds. The molecule has 1 atom stereocenters. The summed E-state index contributed by atoms with van der Waals surface area (Å²) in [5.74, 6) is 0. The van der Waals surface area contributed by atoms with Gasteiger partial charge in [0.1, 0.15) is 0 Å². The van der Waals surface area contributed by atoms with Crippen LogP contribution in [0.1, 0.15) is 17.5 Å². The molecule has 144 valence electrons. The number of hydrogen-bond donors (Lipinski definition) is 0. The van der Waals surface area contributed by atoms with Crippen LogP contribution in [0.5, 0.6) is 0 Å². The van der Waals surface area contributed by atoms with E-state index in [9.17, 15) is 13.2 Å². The topological polar surface area (TPSA) is 34.5 Å². The predicted octanol–water partition coefficient (Wildman–Crippen LogP) is 6.89. The molecule has 9 heteroatoms. The zero-order valence-corrected chi connectivity index (χ0v) is 17.0. The molecule has 4 rings (SSSR count). The molecule has 1 unspecified atom stereocenters. The van der Waals surface area contributed by atoms with Gasteiger partial charge in [0.25, 0.3) is 5.60 Å². The van der Waals surface area contributed by atoms with Gasteiger partial charge in [-0.1, -0.05) is 40.5 Å². The lowest BCUT2D eigenvalue weighted by molar-refractivity contribution is -0.275. The average molecular weight is 490 g/mol. The van der Waals surface area contributed by atoms with Crippen LogP contribution in [0.4, 0.5) is 13.2 Å². The van der Waals surface area contributed by atoms with Gasteiger partial charge < -0.3 is 4.84 Å². The van der Waals surface area contributed by atoms with Crippen molar-refractivity contribution in [2.75, 3.05) is 0 Å². The number of halogens is 6. The second-order valence-electron chi connectivity index (χ2n) is 6.28. The van der Waals surface area contributed by atoms with Crippen LogP contribution in [0.2, 0.25) is 10.0 Å². The summed E-state index contributed by atoms with van der Waals surface area (Å²) in [7, 11) is 0. The van der Waals surface area contributed by atoms with E-state index in [-0.39, 0.29) is 21.3 Å². The van der Waals surface area contributed by atoms with Crippen molar-refractivity contribution < 1.29 is 18.0 Å². The largest absolute Gasteiger partial charge is 0.435 e. The Morgan fingerprint density at radius 1 is 1.07 bits per heavy atom. The second kappa shape index (κ2) is 6.90. The van der Waals surface area contributed by atoms with Gasteiger partial charge in [-0.15, -0.1) is 0 Å². The van der Waals surface area contributed by atoms with Gasteiger partial charge in [-0.2, -0.15) is 13.2 Å². The average Bonchev–Trinajstić information content (AvgIpc) is 3.07. The van der Waals surface area contributed by atoms with Gasteiger partial charge in [-0.25, -0.2) is 0 Å². The Morgan fingerprint density at radius 3 is 2.46 bits per heavy atom. The van der Waals surface area contributed by atoms with Gasteiger partial charge in [-0.3, -0.25) is 4.98 Å². The lowest BCUT2D eigenvalue weighted by Gasteiger charge is -2.29. The van der Waals surface area contributed by atoms with Crippen LogP contribution in [0.25, 0.3) is 10.9 Å². The van der Waals surface area contributed by atoms with E-state index in [0.717, 1.165) is 4.47 Å². The third-order valence-corrected chi connectivity index (χ3v) is 5.62. The fourth-order valence-corrected chi connectivity index (χ4v) is 4.22.